The summed E-state index contributed by atoms with van der Waals surface area (Å²) in [6.07, 6.45) is 12.4. The van der Waals surface area contributed by atoms with E-state index in [1.54, 1.807) is 5.57 Å². The standard InChI is InChI=1S/C34H56O4/c1-10-37-21-28(36)38-27-19-26(35)34(9)24(30(27,4)5)13-14-33(8)25(34)12-11-22-23-20-29(2,3)15-16-31(23,6)17-18-32(22,33)7/h11,23-27,35H,10,12-21H2,1-9H3/t23-,24?,25+,26-,27+,31-,32-,33-,34+/m1/s1. The topological polar surface area (TPSA) is 55.8 Å². The van der Waals surface area contributed by atoms with Gasteiger partial charge in [-0.05, 0) is 97.7 Å². The van der Waals surface area contributed by atoms with Crippen molar-refractivity contribution in [1.82, 2.24) is 0 Å². The first kappa shape index (κ1) is 28.7. The van der Waals surface area contributed by atoms with Gasteiger partial charge in [-0.15, -0.1) is 0 Å². The molecule has 0 spiro atoms. The summed E-state index contributed by atoms with van der Waals surface area (Å²) in [4.78, 5) is 12.5. The van der Waals surface area contributed by atoms with Crippen LogP contribution in [0.3, 0.4) is 0 Å². The highest BCUT2D eigenvalue weighted by atomic mass is 16.6. The van der Waals surface area contributed by atoms with E-state index in [9.17, 15) is 9.90 Å². The highest BCUT2D eigenvalue weighted by molar-refractivity contribution is 5.71. The third-order valence-electron chi connectivity index (χ3n) is 13.8. The molecule has 5 rings (SSSR count). The lowest BCUT2D eigenvalue weighted by Gasteiger charge is -2.72. The molecule has 216 valence electrons. The zero-order valence-corrected chi connectivity index (χ0v) is 25.9. The van der Waals surface area contributed by atoms with Gasteiger partial charge in [-0.25, -0.2) is 4.79 Å². The van der Waals surface area contributed by atoms with Crippen molar-refractivity contribution in [3.63, 3.8) is 0 Å². The van der Waals surface area contributed by atoms with E-state index in [0.29, 0.717) is 41.6 Å². The molecule has 1 unspecified atom stereocenters. The Morgan fingerprint density at radius 3 is 2.34 bits per heavy atom. The molecule has 0 aromatic heterocycles. The van der Waals surface area contributed by atoms with Crippen molar-refractivity contribution in [2.75, 3.05) is 13.2 Å². The van der Waals surface area contributed by atoms with E-state index in [1.165, 1.54) is 38.5 Å². The van der Waals surface area contributed by atoms with Crippen LogP contribution in [0.15, 0.2) is 11.6 Å². The van der Waals surface area contributed by atoms with Gasteiger partial charge in [0.15, 0.2) is 0 Å². The van der Waals surface area contributed by atoms with Gasteiger partial charge in [0, 0.05) is 23.9 Å². The number of aliphatic hydroxyl groups is 1. The molecule has 0 aromatic rings. The maximum absolute atomic E-state index is 12.5. The van der Waals surface area contributed by atoms with Crippen LogP contribution in [0, 0.1) is 50.2 Å². The molecule has 1 N–H and O–H groups in total. The Bertz CT molecular complexity index is 981. The normalized spacial score (nSPS) is 49.0. The molecular formula is C34H56O4. The lowest BCUT2D eigenvalue weighted by Crippen LogP contribution is -2.68. The van der Waals surface area contributed by atoms with Crippen molar-refractivity contribution in [1.29, 1.82) is 0 Å². The molecule has 0 aromatic carbocycles. The molecule has 5 aliphatic carbocycles. The number of ether oxygens (including phenoxy) is 2. The molecule has 4 heteroatoms. The number of carbonyl (C=O) groups excluding carboxylic acids is 1. The van der Waals surface area contributed by atoms with Crippen LogP contribution >= 0.6 is 0 Å². The van der Waals surface area contributed by atoms with E-state index in [0.717, 1.165) is 12.8 Å². The van der Waals surface area contributed by atoms with Gasteiger partial charge in [-0.1, -0.05) is 67.0 Å². The molecule has 9 atom stereocenters. The summed E-state index contributed by atoms with van der Waals surface area (Å²) in [5, 5.41) is 11.9. The zero-order valence-electron chi connectivity index (χ0n) is 25.9. The number of hydrogen-bond donors (Lipinski definition) is 1. The minimum absolute atomic E-state index is 0.00930. The zero-order chi connectivity index (χ0) is 27.9. The minimum Gasteiger partial charge on any atom is -0.460 e. The maximum atomic E-state index is 12.5. The Labute approximate surface area is 232 Å². The van der Waals surface area contributed by atoms with E-state index in [4.69, 9.17) is 9.47 Å². The van der Waals surface area contributed by atoms with Crippen LogP contribution in [-0.2, 0) is 14.3 Å². The molecule has 5 aliphatic rings. The predicted molar refractivity (Wildman–Crippen MR) is 152 cm³/mol. The first-order valence-electron chi connectivity index (χ1n) is 15.7. The number of aliphatic hydroxyl groups excluding tert-OH is 1. The van der Waals surface area contributed by atoms with Gasteiger partial charge < -0.3 is 14.6 Å². The number of esters is 1. The van der Waals surface area contributed by atoms with Crippen molar-refractivity contribution in [3.8, 4) is 0 Å². The third-order valence-corrected chi connectivity index (χ3v) is 13.8. The number of hydrogen-bond acceptors (Lipinski definition) is 4. The van der Waals surface area contributed by atoms with E-state index in [1.807, 2.05) is 6.92 Å². The van der Waals surface area contributed by atoms with Crippen molar-refractivity contribution >= 4 is 5.97 Å². The molecule has 0 bridgehead atoms. The first-order chi connectivity index (χ1) is 17.6. The number of allylic oxidation sites excluding steroid dienone is 2. The van der Waals surface area contributed by atoms with Gasteiger partial charge in [0.05, 0.1) is 6.10 Å². The van der Waals surface area contributed by atoms with Crippen molar-refractivity contribution in [3.05, 3.63) is 11.6 Å². The third kappa shape index (κ3) is 3.92. The fourth-order valence-corrected chi connectivity index (χ4v) is 11.0. The summed E-state index contributed by atoms with van der Waals surface area (Å²) in [7, 11) is 0. The van der Waals surface area contributed by atoms with Crippen LogP contribution in [-0.4, -0.2) is 36.5 Å². The van der Waals surface area contributed by atoms with Crippen LogP contribution in [0.2, 0.25) is 0 Å². The van der Waals surface area contributed by atoms with Gasteiger partial charge in [0.25, 0.3) is 0 Å². The molecular weight excluding hydrogens is 472 g/mol. The van der Waals surface area contributed by atoms with Crippen molar-refractivity contribution in [2.24, 2.45) is 50.2 Å². The predicted octanol–water partition coefficient (Wildman–Crippen LogP) is 7.73. The van der Waals surface area contributed by atoms with Crippen LogP contribution in [0.1, 0.15) is 120 Å². The summed E-state index contributed by atoms with van der Waals surface area (Å²) in [6, 6.07) is 0. The smallest absolute Gasteiger partial charge is 0.332 e. The Kier molecular flexibility index (Phi) is 6.84. The summed E-state index contributed by atoms with van der Waals surface area (Å²) < 4.78 is 11.3. The van der Waals surface area contributed by atoms with E-state index >= 15 is 0 Å². The second kappa shape index (κ2) is 9.07. The average Bonchev–Trinajstić information content (AvgIpc) is 2.83. The molecule has 0 aliphatic heterocycles. The summed E-state index contributed by atoms with van der Waals surface area (Å²) in [5.74, 6) is 1.12. The van der Waals surface area contributed by atoms with Gasteiger partial charge in [-0.2, -0.15) is 0 Å². The number of fused-ring (bicyclic) bond motifs is 7. The minimum atomic E-state index is -0.476. The Balaban J connectivity index is 1.49. The van der Waals surface area contributed by atoms with Gasteiger partial charge in [-0.3, -0.25) is 0 Å². The monoisotopic (exact) mass is 528 g/mol. The molecule has 0 radical (unpaired) electrons. The van der Waals surface area contributed by atoms with E-state index in [2.05, 4.69) is 61.5 Å². The maximum Gasteiger partial charge on any atom is 0.332 e. The number of rotatable bonds is 4. The van der Waals surface area contributed by atoms with Crippen LogP contribution in [0.25, 0.3) is 0 Å². The highest BCUT2D eigenvalue weighted by Gasteiger charge is 2.70. The lowest BCUT2D eigenvalue weighted by molar-refractivity contribution is -0.248. The van der Waals surface area contributed by atoms with E-state index < -0.39 is 6.10 Å². The average molecular weight is 529 g/mol. The summed E-state index contributed by atoms with van der Waals surface area (Å²) >= 11 is 0. The van der Waals surface area contributed by atoms with E-state index in [-0.39, 0.29) is 40.3 Å². The van der Waals surface area contributed by atoms with Crippen LogP contribution in [0.5, 0.6) is 0 Å². The van der Waals surface area contributed by atoms with Crippen LogP contribution in [0.4, 0.5) is 0 Å². The second-order valence-corrected chi connectivity index (χ2v) is 16.4. The lowest BCUT2D eigenvalue weighted by atomic mass is 9.33. The Morgan fingerprint density at radius 1 is 0.974 bits per heavy atom. The Hall–Kier alpha value is -0.870. The molecule has 0 amide bonds. The number of carbonyl (C=O) groups is 1. The first-order valence-corrected chi connectivity index (χ1v) is 15.7. The van der Waals surface area contributed by atoms with Gasteiger partial charge in [0.1, 0.15) is 12.7 Å². The quantitative estimate of drug-likeness (QED) is 0.300. The fraction of sp³-hybridized carbons (Fsp3) is 0.912. The van der Waals surface area contributed by atoms with Crippen molar-refractivity contribution < 1.29 is 19.4 Å². The highest BCUT2D eigenvalue weighted by Crippen LogP contribution is 2.75. The molecule has 0 saturated heterocycles. The summed E-state index contributed by atoms with van der Waals surface area (Å²) in [5.41, 5.74) is 2.59. The molecule has 4 saturated carbocycles. The molecule has 0 heterocycles. The Morgan fingerprint density at radius 2 is 1.66 bits per heavy atom. The largest absolute Gasteiger partial charge is 0.460 e. The van der Waals surface area contributed by atoms with Crippen LogP contribution < -0.4 is 0 Å². The van der Waals surface area contributed by atoms with Gasteiger partial charge in [0.2, 0.25) is 0 Å². The van der Waals surface area contributed by atoms with Crippen molar-refractivity contribution in [2.45, 2.75) is 132 Å². The fourth-order valence-electron chi connectivity index (χ4n) is 11.0. The van der Waals surface area contributed by atoms with Gasteiger partial charge >= 0.3 is 5.97 Å². The molecule has 4 nitrogen and oxygen atoms in total. The summed E-state index contributed by atoms with van der Waals surface area (Å²) in [6.45, 7) is 22.1. The molecule has 4 fully saturated rings. The molecule has 38 heavy (non-hydrogen) atoms. The SMILES string of the molecule is CCOCC(=O)O[C@H]1C[C@@H](O)[C@@]2(C)C(CC[C@]3(C)[C@@H]2CC=C2[C@H]4CC(C)(C)CC[C@]4(C)CC[C@]23C)C1(C)C. The second-order valence-electron chi connectivity index (χ2n) is 16.4.